The largest absolute Gasteiger partial charge is 0.494 e. The average molecular weight is 327 g/mol. The van der Waals surface area contributed by atoms with Gasteiger partial charge in [-0.25, -0.2) is 9.67 Å². The van der Waals surface area contributed by atoms with E-state index in [4.69, 9.17) is 16.3 Å². The maximum Gasteiger partial charge on any atom is 0.435 e. The summed E-state index contributed by atoms with van der Waals surface area (Å²) >= 11 is 6.13. The van der Waals surface area contributed by atoms with Crippen LogP contribution in [0.1, 0.15) is 5.69 Å². The SMILES string of the molecule is COc1c(-n2ccc(C(F)(F)F)n2)[c]nc2cccc(Cl)c12. The van der Waals surface area contributed by atoms with Gasteiger partial charge in [0.05, 0.1) is 23.0 Å². The topological polar surface area (TPSA) is 39.9 Å². The number of hydrogen-bond acceptors (Lipinski definition) is 3. The fourth-order valence-electron chi connectivity index (χ4n) is 2.07. The number of nitrogens with zero attached hydrogens (tertiary/aromatic N) is 3. The van der Waals surface area contributed by atoms with Gasteiger partial charge in [0.1, 0.15) is 11.9 Å². The number of benzene rings is 1. The summed E-state index contributed by atoms with van der Waals surface area (Å²) in [7, 11) is 1.39. The molecule has 4 nitrogen and oxygen atoms in total. The second kappa shape index (κ2) is 5.17. The molecule has 2 heterocycles. The Morgan fingerprint density at radius 3 is 2.68 bits per heavy atom. The number of alkyl halides is 3. The monoisotopic (exact) mass is 326 g/mol. The lowest BCUT2D eigenvalue weighted by Crippen LogP contribution is -2.08. The molecule has 0 unspecified atom stereocenters. The Balaban J connectivity index is 2.23. The van der Waals surface area contributed by atoms with E-state index >= 15 is 0 Å². The number of pyridine rings is 1. The molecule has 3 rings (SSSR count). The van der Waals surface area contributed by atoms with Crippen molar-refractivity contribution in [1.29, 1.82) is 0 Å². The lowest BCUT2D eigenvalue weighted by molar-refractivity contribution is -0.141. The first-order valence-electron chi connectivity index (χ1n) is 6.09. The maximum atomic E-state index is 12.7. The predicted molar refractivity (Wildman–Crippen MR) is 74.3 cm³/mol. The molecule has 0 amide bonds. The number of aromatic nitrogens is 3. The van der Waals surface area contributed by atoms with Gasteiger partial charge in [0.15, 0.2) is 11.4 Å². The summed E-state index contributed by atoms with van der Waals surface area (Å²) in [6.45, 7) is 0. The van der Waals surface area contributed by atoms with Crippen molar-refractivity contribution in [1.82, 2.24) is 14.8 Å². The molecule has 0 saturated heterocycles. The van der Waals surface area contributed by atoms with Gasteiger partial charge in [-0.3, -0.25) is 0 Å². The Morgan fingerprint density at radius 1 is 1.27 bits per heavy atom. The Morgan fingerprint density at radius 2 is 2.05 bits per heavy atom. The normalized spacial score (nSPS) is 11.9. The third kappa shape index (κ3) is 2.37. The average Bonchev–Trinajstić information content (AvgIpc) is 2.96. The van der Waals surface area contributed by atoms with Crippen molar-refractivity contribution in [3.8, 4) is 11.4 Å². The van der Waals surface area contributed by atoms with Crippen LogP contribution >= 0.6 is 11.6 Å². The van der Waals surface area contributed by atoms with E-state index in [1.807, 2.05) is 0 Å². The van der Waals surface area contributed by atoms with Crippen LogP contribution in [-0.4, -0.2) is 21.9 Å². The van der Waals surface area contributed by atoms with E-state index in [-0.39, 0.29) is 11.4 Å². The zero-order valence-corrected chi connectivity index (χ0v) is 11.9. The van der Waals surface area contributed by atoms with Crippen molar-refractivity contribution in [2.45, 2.75) is 6.18 Å². The van der Waals surface area contributed by atoms with Gasteiger partial charge in [0, 0.05) is 6.20 Å². The summed E-state index contributed by atoms with van der Waals surface area (Å²) in [6.07, 6.45) is -0.720. The molecule has 0 saturated carbocycles. The number of fused-ring (bicyclic) bond motifs is 1. The van der Waals surface area contributed by atoms with E-state index in [9.17, 15) is 13.2 Å². The fraction of sp³-hybridized carbons (Fsp3) is 0.143. The van der Waals surface area contributed by atoms with Gasteiger partial charge in [-0.1, -0.05) is 17.7 Å². The van der Waals surface area contributed by atoms with Gasteiger partial charge < -0.3 is 4.74 Å². The molecule has 2 aromatic heterocycles. The van der Waals surface area contributed by atoms with Crippen LogP contribution in [0.15, 0.2) is 30.5 Å². The van der Waals surface area contributed by atoms with E-state index in [1.54, 1.807) is 18.2 Å². The van der Waals surface area contributed by atoms with Gasteiger partial charge in [0.2, 0.25) is 0 Å². The van der Waals surface area contributed by atoms with Crippen molar-refractivity contribution in [2.24, 2.45) is 0 Å². The Hall–Kier alpha value is -2.28. The molecule has 0 fully saturated rings. The minimum Gasteiger partial charge on any atom is -0.494 e. The molecule has 22 heavy (non-hydrogen) atoms. The molecule has 0 spiro atoms. The van der Waals surface area contributed by atoms with Crippen LogP contribution < -0.4 is 4.74 Å². The van der Waals surface area contributed by atoms with E-state index < -0.39 is 11.9 Å². The molecular weight excluding hydrogens is 319 g/mol. The Bertz CT molecular complexity index is 845. The predicted octanol–water partition coefficient (Wildman–Crippen LogP) is 3.90. The molecule has 113 valence electrons. The highest BCUT2D eigenvalue weighted by Crippen LogP contribution is 2.36. The first-order chi connectivity index (χ1) is 10.4. The zero-order valence-electron chi connectivity index (χ0n) is 11.1. The number of hydrogen-bond donors (Lipinski definition) is 0. The molecule has 1 radical (unpaired) electrons. The zero-order chi connectivity index (χ0) is 15.9. The Kier molecular flexibility index (Phi) is 3.44. The molecule has 1 aromatic carbocycles. The summed E-state index contributed by atoms with van der Waals surface area (Å²) in [5.74, 6) is 0.257. The molecule has 0 atom stereocenters. The second-order valence-corrected chi connectivity index (χ2v) is 4.79. The summed E-state index contributed by atoms with van der Waals surface area (Å²) in [5, 5.41) is 4.36. The van der Waals surface area contributed by atoms with Crippen LogP contribution in [0, 0.1) is 6.20 Å². The lowest BCUT2D eigenvalue weighted by Gasteiger charge is -2.11. The van der Waals surface area contributed by atoms with Crippen molar-refractivity contribution in [2.75, 3.05) is 7.11 Å². The molecule has 0 aliphatic heterocycles. The molecule has 0 aliphatic carbocycles. The number of rotatable bonds is 2. The summed E-state index contributed by atoms with van der Waals surface area (Å²) in [4.78, 5) is 4.07. The maximum absolute atomic E-state index is 12.7. The highest BCUT2D eigenvalue weighted by atomic mass is 35.5. The molecule has 0 aliphatic rings. The summed E-state index contributed by atoms with van der Waals surface area (Å²) < 4.78 is 44.3. The van der Waals surface area contributed by atoms with E-state index in [0.29, 0.717) is 15.9 Å². The van der Waals surface area contributed by atoms with Crippen molar-refractivity contribution >= 4 is 22.5 Å². The van der Waals surface area contributed by atoms with Crippen molar-refractivity contribution < 1.29 is 17.9 Å². The van der Waals surface area contributed by atoms with Crippen LogP contribution in [0.3, 0.4) is 0 Å². The van der Waals surface area contributed by atoms with Gasteiger partial charge in [0.25, 0.3) is 0 Å². The van der Waals surface area contributed by atoms with Gasteiger partial charge >= 0.3 is 6.18 Å². The molecular formula is C14H8ClF3N3O. The highest BCUT2D eigenvalue weighted by Gasteiger charge is 2.34. The van der Waals surface area contributed by atoms with Crippen molar-refractivity contribution in [3.05, 3.63) is 47.4 Å². The minimum absolute atomic E-state index is 0.151. The fourth-order valence-corrected chi connectivity index (χ4v) is 2.32. The first kappa shape index (κ1) is 14.6. The van der Waals surface area contributed by atoms with Gasteiger partial charge in [-0.15, -0.1) is 0 Å². The third-order valence-electron chi connectivity index (χ3n) is 3.03. The van der Waals surface area contributed by atoms with Crippen LogP contribution in [0.4, 0.5) is 13.2 Å². The number of halogens is 4. The second-order valence-electron chi connectivity index (χ2n) is 4.38. The highest BCUT2D eigenvalue weighted by molar-refractivity contribution is 6.36. The smallest absolute Gasteiger partial charge is 0.435 e. The lowest BCUT2D eigenvalue weighted by atomic mass is 10.2. The number of ether oxygens (including phenoxy) is 1. The first-order valence-corrected chi connectivity index (χ1v) is 6.46. The van der Waals surface area contributed by atoms with Gasteiger partial charge in [-0.05, 0) is 18.2 Å². The van der Waals surface area contributed by atoms with Crippen molar-refractivity contribution in [3.63, 3.8) is 0 Å². The summed E-state index contributed by atoms with van der Waals surface area (Å²) in [5.41, 5.74) is -0.336. The quantitative estimate of drug-likeness (QED) is 0.717. The summed E-state index contributed by atoms with van der Waals surface area (Å²) in [6, 6.07) is 5.92. The molecule has 8 heteroatoms. The van der Waals surface area contributed by atoms with E-state index in [2.05, 4.69) is 16.3 Å². The van der Waals surface area contributed by atoms with Crippen LogP contribution in [0.5, 0.6) is 5.75 Å². The van der Waals surface area contributed by atoms with Crippen LogP contribution in [0.2, 0.25) is 5.02 Å². The van der Waals surface area contributed by atoms with E-state index in [0.717, 1.165) is 10.7 Å². The minimum atomic E-state index is -4.53. The number of methoxy groups -OCH3 is 1. The van der Waals surface area contributed by atoms with Gasteiger partial charge in [-0.2, -0.15) is 18.3 Å². The third-order valence-corrected chi connectivity index (χ3v) is 3.34. The van der Waals surface area contributed by atoms with Crippen LogP contribution in [0.25, 0.3) is 16.6 Å². The standard InChI is InChI=1S/C14H8ClF3N3O/c1-22-13-10(21-6-5-11(20-21)14(16,17)18)7-19-9-4-2-3-8(15)12(9)13/h2-6H,1H3. The Labute approximate surface area is 128 Å². The molecule has 0 bridgehead atoms. The molecule has 3 aromatic rings. The molecule has 0 N–H and O–H groups in total. The van der Waals surface area contributed by atoms with Crippen LogP contribution in [-0.2, 0) is 6.18 Å². The van der Waals surface area contributed by atoms with E-state index in [1.165, 1.54) is 13.3 Å².